The van der Waals surface area contributed by atoms with Crippen molar-refractivity contribution < 1.29 is 4.79 Å². The summed E-state index contributed by atoms with van der Waals surface area (Å²) in [6.07, 6.45) is 3.47. The van der Waals surface area contributed by atoms with E-state index in [2.05, 4.69) is 29.5 Å². The standard InChI is InChI=1S/C18H35N5O/c1-5-19-18(20-12-15-6-9-22(4)10-7-15)21-16-8-11-23(13-16)17(24)14(2)3/h14-16H,5-13H2,1-4H3,(H2,19,20,21). The van der Waals surface area contributed by atoms with E-state index in [4.69, 9.17) is 4.99 Å². The maximum absolute atomic E-state index is 12.1. The number of carbonyl (C=O) groups is 1. The Balaban J connectivity index is 1.82. The minimum atomic E-state index is 0.0788. The highest BCUT2D eigenvalue weighted by molar-refractivity contribution is 5.81. The molecule has 1 atom stereocenters. The van der Waals surface area contributed by atoms with Crippen molar-refractivity contribution in [2.24, 2.45) is 16.8 Å². The maximum atomic E-state index is 12.1. The van der Waals surface area contributed by atoms with Crippen molar-refractivity contribution in [3.63, 3.8) is 0 Å². The molecule has 0 radical (unpaired) electrons. The first-order valence-corrected chi connectivity index (χ1v) is 9.51. The maximum Gasteiger partial charge on any atom is 0.225 e. The van der Waals surface area contributed by atoms with Gasteiger partial charge in [0.2, 0.25) is 5.91 Å². The molecule has 2 heterocycles. The number of carbonyl (C=O) groups excluding carboxylic acids is 1. The van der Waals surface area contributed by atoms with E-state index in [1.54, 1.807) is 0 Å². The lowest BCUT2D eigenvalue weighted by Gasteiger charge is -2.28. The van der Waals surface area contributed by atoms with E-state index >= 15 is 0 Å². The lowest BCUT2D eigenvalue weighted by Crippen LogP contribution is -2.45. The quantitative estimate of drug-likeness (QED) is 0.583. The van der Waals surface area contributed by atoms with Gasteiger partial charge in [0.25, 0.3) is 0 Å². The fourth-order valence-corrected chi connectivity index (χ4v) is 3.42. The molecule has 2 fully saturated rings. The highest BCUT2D eigenvalue weighted by Gasteiger charge is 2.28. The minimum Gasteiger partial charge on any atom is -0.357 e. The van der Waals surface area contributed by atoms with Gasteiger partial charge in [0, 0.05) is 38.1 Å². The Bertz CT molecular complexity index is 429. The number of nitrogens with zero attached hydrogens (tertiary/aromatic N) is 3. The van der Waals surface area contributed by atoms with Crippen molar-refractivity contribution in [3.05, 3.63) is 0 Å². The van der Waals surface area contributed by atoms with Crippen LogP contribution in [-0.2, 0) is 4.79 Å². The zero-order valence-corrected chi connectivity index (χ0v) is 15.8. The molecular formula is C18H35N5O. The fraction of sp³-hybridized carbons (Fsp3) is 0.889. The van der Waals surface area contributed by atoms with Gasteiger partial charge in [0.15, 0.2) is 5.96 Å². The number of nitrogens with one attached hydrogen (secondary N) is 2. The number of hydrogen-bond acceptors (Lipinski definition) is 3. The van der Waals surface area contributed by atoms with E-state index in [0.717, 1.165) is 38.6 Å². The molecule has 0 aromatic rings. The number of aliphatic imine (C=N–C) groups is 1. The van der Waals surface area contributed by atoms with E-state index in [1.807, 2.05) is 18.7 Å². The molecule has 0 spiro atoms. The largest absolute Gasteiger partial charge is 0.357 e. The smallest absolute Gasteiger partial charge is 0.225 e. The van der Waals surface area contributed by atoms with E-state index in [9.17, 15) is 4.79 Å². The van der Waals surface area contributed by atoms with E-state index in [-0.39, 0.29) is 11.8 Å². The van der Waals surface area contributed by atoms with Crippen LogP contribution in [0.3, 0.4) is 0 Å². The summed E-state index contributed by atoms with van der Waals surface area (Å²) in [4.78, 5) is 21.3. The monoisotopic (exact) mass is 337 g/mol. The SMILES string of the molecule is CCNC(=NCC1CCN(C)CC1)NC1CCN(C(=O)C(C)C)C1. The minimum absolute atomic E-state index is 0.0788. The van der Waals surface area contributed by atoms with Crippen molar-refractivity contribution in [1.29, 1.82) is 0 Å². The van der Waals surface area contributed by atoms with Gasteiger partial charge in [0.1, 0.15) is 0 Å². The summed E-state index contributed by atoms with van der Waals surface area (Å²) < 4.78 is 0. The molecule has 2 N–H and O–H groups in total. The summed E-state index contributed by atoms with van der Waals surface area (Å²) in [6, 6.07) is 0.308. The zero-order chi connectivity index (χ0) is 17.5. The molecule has 1 amide bonds. The lowest BCUT2D eigenvalue weighted by atomic mass is 9.97. The van der Waals surface area contributed by atoms with Gasteiger partial charge >= 0.3 is 0 Å². The second-order valence-electron chi connectivity index (χ2n) is 7.54. The molecule has 0 bridgehead atoms. The molecule has 1 unspecified atom stereocenters. The highest BCUT2D eigenvalue weighted by atomic mass is 16.2. The van der Waals surface area contributed by atoms with Crippen LogP contribution in [0, 0.1) is 11.8 Å². The summed E-state index contributed by atoms with van der Waals surface area (Å²) in [6.45, 7) is 11.8. The Labute approximate surface area is 147 Å². The normalized spacial score (nSPS) is 23.8. The lowest BCUT2D eigenvalue weighted by molar-refractivity contribution is -0.133. The van der Waals surface area contributed by atoms with Gasteiger partial charge in [-0.1, -0.05) is 13.8 Å². The number of amides is 1. The van der Waals surface area contributed by atoms with Gasteiger partial charge in [-0.15, -0.1) is 0 Å². The van der Waals surface area contributed by atoms with Gasteiger partial charge in [0.05, 0.1) is 0 Å². The number of likely N-dealkylation sites (tertiary alicyclic amines) is 2. The van der Waals surface area contributed by atoms with Crippen molar-refractivity contribution in [1.82, 2.24) is 20.4 Å². The number of rotatable bonds is 5. The number of guanidine groups is 1. The summed E-state index contributed by atoms with van der Waals surface area (Å²) in [7, 11) is 2.19. The van der Waals surface area contributed by atoms with Crippen LogP contribution in [0.25, 0.3) is 0 Å². The molecule has 0 saturated carbocycles. The topological polar surface area (TPSA) is 60.0 Å². The molecular weight excluding hydrogens is 302 g/mol. The van der Waals surface area contributed by atoms with Crippen LogP contribution in [0.5, 0.6) is 0 Å². The van der Waals surface area contributed by atoms with Crippen LogP contribution < -0.4 is 10.6 Å². The number of hydrogen-bond donors (Lipinski definition) is 2. The molecule has 24 heavy (non-hydrogen) atoms. The third kappa shape index (κ3) is 5.65. The van der Waals surface area contributed by atoms with Crippen LogP contribution in [0.4, 0.5) is 0 Å². The predicted molar refractivity (Wildman–Crippen MR) is 99.2 cm³/mol. The fourth-order valence-electron chi connectivity index (χ4n) is 3.42. The summed E-state index contributed by atoms with van der Waals surface area (Å²) in [5.41, 5.74) is 0. The molecule has 2 aliphatic rings. The van der Waals surface area contributed by atoms with E-state index in [0.29, 0.717) is 12.0 Å². The molecule has 2 saturated heterocycles. The van der Waals surface area contributed by atoms with E-state index < -0.39 is 0 Å². The molecule has 2 rings (SSSR count). The Morgan fingerprint density at radius 2 is 1.92 bits per heavy atom. The van der Waals surface area contributed by atoms with Gasteiger partial charge < -0.3 is 20.4 Å². The van der Waals surface area contributed by atoms with Crippen LogP contribution in [0.1, 0.15) is 40.0 Å². The van der Waals surface area contributed by atoms with Crippen LogP contribution in [-0.4, -0.2) is 74.0 Å². The van der Waals surface area contributed by atoms with Crippen molar-refractivity contribution in [2.75, 3.05) is 46.3 Å². The molecule has 6 heteroatoms. The molecule has 0 aromatic carbocycles. The first kappa shape index (κ1) is 19.0. The highest BCUT2D eigenvalue weighted by Crippen LogP contribution is 2.16. The second kappa shape index (κ2) is 9.25. The number of piperidine rings is 1. The van der Waals surface area contributed by atoms with E-state index in [1.165, 1.54) is 25.9 Å². The van der Waals surface area contributed by atoms with Gasteiger partial charge in [-0.05, 0) is 52.2 Å². The predicted octanol–water partition coefficient (Wildman–Crippen LogP) is 1.14. The van der Waals surface area contributed by atoms with Crippen LogP contribution in [0.15, 0.2) is 4.99 Å². The Kier molecular flexibility index (Phi) is 7.34. The molecule has 138 valence electrons. The molecule has 0 aliphatic carbocycles. The third-order valence-corrected chi connectivity index (χ3v) is 5.02. The molecule has 2 aliphatic heterocycles. The zero-order valence-electron chi connectivity index (χ0n) is 15.8. The Hall–Kier alpha value is -1.30. The Morgan fingerprint density at radius 3 is 2.54 bits per heavy atom. The Morgan fingerprint density at radius 1 is 1.21 bits per heavy atom. The molecule has 6 nitrogen and oxygen atoms in total. The summed E-state index contributed by atoms with van der Waals surface area (Å²) in [5.74, 6) is 1.93. The van der Waals surface area contributed by atoms with Crippen molar-refractivity contribution in [2.45, 2.75) is 46.1 Å². The van der Waals surface area contributed by atoms with Crippen molar-refractivity contribution >= 4 is 11.9 Å². The summed E-state index contributed by atoms with van der Waals surface area (Å²) in [5, 5.41) is 6.87. The average Bonchev–Trinajstić information content (AvgIpc) is 3.02. The van der Waals surface area contributed by atoms with Crippen LogP contribution >= 0.6 is 0 Å². The van der Waals surface area contributed by atoms with Gasteiger partial charge in [-0.25, -0.2) is 0 Å². The van der Waals surface area contributed by atoms with Crippen molar-refractivity contribution in [3.8, 4) is 0 Å². The van der Waals surface area contributed by atoms with Crippen LogP contribution in [0.2, 0.25) is 0 Å². The first-order valence-electron chi connectivity index (χ1n) is 9.51. The first-order chi connectivity index (χ1) is 11.5. The third-order valence-electron chi connectivity index (χ3n) is 5.02. The van der Waals surface area contributed by atoms with Gasteiger partial charge in [-0.2, -0.15) is 0 Å². The second-order valence-corrected chi connectivity index (χ2v) is 7.54. The van der Waals surface area contributed by atoms with Gasteiger partial charge in [-0.3, -0.25) is 9.79 Å². The summed E-state index contributed by atoms with van der Waals surface area (Å²) >= 11 is 0. The molecule has 0 aromatic heterocycles. The average molecular weight is 338 g/mol.